The Morgan fingerprint density at radius 3 is 2.20 bits per heavy atom. The Kier molecular flexibility index (Phi) is 4.41. The molecule has 1 amide bonds. The van der Waals surface area contributed by atoms with Crippen LogP contribution in [0.4, 0.5) is 5.13 Å². The van der Waals surface area contributed by atoms with Crippen molar-refractivity contribution in [2.75, 3.05) is 4.90 Å². The first-order chi connectivity index (χ1) is 14.6. The van der Waals surface area contributed by atoms with E-state index < -0.39 is 17.7 Å². The number of hydrogen-bond acceptors (Lipinski definition) is 5. The molecule has 1 aliphatic heterocycles. The fraction of sp³-hybridized carbons (Fsp3) is 0.0417. The molecule has 0 bridgehead atoms. The van der Waals surface area contributed by atoms with Gasteiger partial charge in [0.15, 0.2) is 5.13 Å². The molecular formula is C24H16N2O3S. The first-order valence-electron chi connectivity index (χ1n) is 9.42. The zero-order valence-corrected chi connectivity index (χ0v) is 16.5. The summed E-state index contributed by atoms with van der Waals surface area (Å²) < 4.78 is 0.921. The van der Waals surface area contributed by atoms with Gasteiger partial charge in [-0.25, -0.2) is 4.98 Å². The molecule has 1 aliphatic rings. The van der Waals surface area contributed by atoms with Crippen LogP contribution in [-0.2, 0) is 9.59 Å². The molecule has 1 saturated heterocycles. The number of aliphatic hydroxyl groups excluding tert-OH is 1. The van der Waals surface area contributed by atoms with Crippen LogP contribution in [0.25, 0.3) is 16.0 Å². The molecule has 1 atom stereocenters. The third-order valence-corrected chi connectivity index (χ3v) is 6.13. The van der Waals surface area contributed by atoms with Crippen molar-refractivity contribution in [3.8, 4) is 0 Å². The van der Waals surface area contributed by atoms with Crippen molar-refractivity contribution in [1.29, 1.82) is 0 Å². The summed E-state index contributed by atoms with van der Waals surface area (Å²) in [4.78, 5) is 32.2. The van der Waals surface area contributed by atoms with Gasteiger partial charge in [0.1, 0.15) is 5.76 Å². The molecule has 3 aromatic carbocycles. The predicted molar refractivity (Wildman–Crippen MR) is 117 cm³/mol. The summed E-state index contributed by atoms with van der Waals surface area (Å²) in [5.74, 6) is -1.60. The van der Waals surface area contributed by atoms with Crippen molar-refractivity contribution in [2.24, 2.45) is 0 Å². The minimum Gasteiger partial charge on any atom is -0.507 e. The van der Waals surface area contributed by atoms with Gasteiger partial charge in [-0.2, -0.15) is 0 Å². The third-order valence-electron chi connectivity index (χ3n) is 5.10. The van der Waals surface area contributed by atoms with Crippen LogP contribution in [0.15, 0.2) is 90.5 Å². The van der Waals surface area contributed by atoms with Gasteiger partial charge in [-0.1, -0.05) is 84.1 Å². The van der Waals surface area contributed by atoms with E-state index in [0.717, 1.165) is 15.8 Å². The number of amides is 1. The number of thiazole rings is 1. The number of hydrogen-bond donors (Lipinski definition) is 1. The van der Waals surface area contributed by atoms with E-state index >= 15 is 0 Å². The first-order valence-corrected chi connectivity index (χ1v) is 10.2. The highest BCUT2D eigenvalue weighted by atomic mass is 32.1. The maximum atomic E-state index is 13.1. The van der Waals surface area contributed by atoms with Crippen LogP contribution in [0, 0.1) is 0 Å². The summed E-state index contributed by atoms with van der Waals surface area (Å²) in [6.07, 6.45) is 0. The monoisotopic (exact) mass is 412 g/mol. The average molecular weight is 412 g/mol. The van der Waals surface area contributed by atoms with Crippen molar-refractivity contribution >= 4 is 44.1 Å². The molecule has 5 rings (SSSR count). The Bertz CT molecular complexity index is 1260. The molecule has 6 heteroatoms. The second-order valence-electron chi connectivity index (χ2n) is 6.91. The highest BCUT2D eigenvalue weighted by Crippen LogP contribution is 2.44. The molecule has 5 nitrogen and oxygen atoms in total. The van der Waals surface area contributed by atoms with E-state index in [1.54, 1.807) is 24.3 Å². The fourth-order valence-corrected chi connectivity index (χ4v) is 4.69. The lowest BCUT2D eigenvalue weighted by Gasteiger charge is -2.22. The summed E-state index contributed by atoms with van der Waals surface area (Å²) in [5.41, 5.74) is 2.04. The lowest BCUT2D eigenvalue weighted by Crippen LogP contribution is -2.29. The van der Waals surface area contributed by atoms with Crippen molar-refractivity contribution in [3.63, 3.8) is 0 Å². The number of nitrogens with zero attached hydrogens (tertiary/aromatic N) is 2. The van der Waals surface area contributed by atoms with Crippen molar-refractivity contribution in [1.82, 2.24) is 4.98 Å². The number of aliphatic hydroxyl groups is 1. The second-order valence-corrected chi connectivity index (χ2v) is 7.92. The van der Waals surface area contributed by atoms with Gasteiger partial charge < -0.3 is 5.11 Å². The van der Waals surface area contributed by atoms with Crippen molar-refractivity contribution in [2.45, 2.75) is 6.04 Å². The molecule has 1 fully saturated rings. The summed E-state index contributed by atoms with van der Waals surface area (Å²) in [5, 5.41) is 11.4. The molecule has 0 spiro atoms. The van der Waals surface area contributed by atoms with Crippen LogP contribution in [0.3, 0.4) is 0 Å². The third kappa shape index (κ3) is 2.89. The Labute approximate surface area is 176 Å². The van der Waals surface area contributed by atoms with Crippen LogP contribution in [0.5, 0.6) is 0 Å². The molecule has 4 aromatic rings. The van der Waals surface area contributed by atoms with E-state index in [1.165, 1.54) is 16.2 Å². The number of anilines is 1. The maximum Gasteiger partial charge on any atom is 0.301 e. The number of Topliss-reactive ketones (excluding diaryl/α,β-unsaturated/α-hetero) is 1. The molecule has 1 N–H and O–H groups in total. The van der Waals surface area contributed by atoms with E-state index in [1.807, 2.05) is 60.7 Å². The normalized spacial score (nSPS) is 18.3. The minimum absolute atomic E-state index is 0.0663. The van der Waals surface area contributed by atoms with Gasteiger partial charge >= 0.3 is 5.91 Å². The Balaban J connectivity index is 1.74. The number of benzene rings is 3. The summed E-state index contributed by atoms with van der Waals surface area (Å²) in [7, 11) is 0. The van der Waals surface area contributed by atoms with Crippen molar-refractivity contribution in [3.05, 3.63) is 102 Å². The summed E-state index contributed by atoms with van der Waals surface area (Å²) in [6, 6.07) is 24.9. The van der Waals surface area contributed by atoms with Gasteiger partial charge in [-0.15, -0.1) is 0 Å². The van der Waals surface area contributed by atoms with Crippen molar-refractivity contribution < 1.29 is 14.7 Å². The fourth-order valence-electron chi connectivity index (χ4n) is 3.70. The maximum absolute atomic E-state index is 13.1. The summed E-state index contributed by atoms with van der Waals surface area (Å²) in [6.45, 7) is 0. The van der Waals surface area contributed by atoms with E-state index in [4.69, 9.17) is 0 Å². The number of fused-ring (bicyclic) bond motifs is 1. The molecule has 1 aromatic heterocycles. The van der Waals surface area contributed by atoms with Crippen LogP contribution < -0.4 is 4.90 Å². The lowest BCUT2D eigenvalue weighted by atomic mass is 9.95. The lowest BCUT2D eigenvalue weighted by molar-refractivity contribution is -0.132. The van der Waals surface area contributed by atoms with Gasteiger partial charge in [0.05, 0.1) is 21.8 Å². The number of ketones is 1. The van der Waals surface area contributed by atoms with Gasteiger partial charge in [0.25, 0.3) is 5.78 Å². The smallest absolute Gasteiger partial charge is 0.301 e. The predicted octanol–water partition coefficient (Wildman–Crippen LogP) is 4.92. The zero-order chi connectivity index (χ0) is 20.7. The van der Waals surface area contributed by atoms with Gasteiger partial charge in [0, 0.05) is 5.56 Å². The molecule has 0 saturated carbocycles. The molecule has 2 heterocycles. The topological polar surface area (TPSA) is 70.5 Å². The number of rotatable bonds is 3. The quantitative estimate of drug-likeness (QED) is 0.294. The van der Waals surface area contributed by atoms with E-state index in [2.05, 4.69) is 4.98 Å². The molecule has 146 valence electrons. The number of carbonyl (C=O) groups excluding carboxylic acids is 2. The highest BCUT2D eigenvalue weighted by Gasteiger charge is 2.48. The number of para-hydroxylation sites is 1. The van der Waals surface area contributed by atoms with Gasteiger partial charge in [0.2, 0.25) is 0 Å². The van der Waals surface area contributed by atoms with Gasteiger partial charge in [-0.05, 0) is 17.7 Å². The standard InChI is InChI=1S/C24H16N2O3S/c27-21(16-11-5-2-6-12-16)19-20(15-9-3-1-4-10-15)26(23(29)22(19)28)24-25-17-13-7-8-14-18(17)30-24/h1-14,20,27H/t20-/m1/s1. The van der Waals surface area contributed by atoms with Crippen LogP contribution >= 0.6 is 11.3 Å². The van der Waals surface area contributed by atoms with Gasteiger partial charge in [-0.3, -0.25) is 14.5 Å². The molecule has 0 aliphatic carbocycles. The average Bonchev–Trinajstić information content (AvgIpc) is 3.33. The first kappa shape index (κ1) is 18.3. The largest absolute Gasteiger partial charge is 0.507 e. The Morgan fingerprint density at radius 2 is 1.50 bits per heavy atom. The summed E-state index contributed by atoms with van der Waals surface area (Å²) >= 11 is 1.35. The minimum atomic E-state index is -0.757. The van der Waals surface area contributed by atoms with E-state index in [0.29, 0.717) is 10.7 Å². The van der Waals surface area contributed by atoms with Crippen LogP contribution in [-0.4, -0.2) is 21.8 Å². The number of aromatic nitrogens is 1. The molecule has 0 radical (unpaired) electrons. The SMILES string of the molecule is O=C1C(=O)N(c2nc3ccccc3s2)[C@H](c2ccccc2)C1=C(O)c1ccccc1. The second kappa shape index (κ2) is 7.24. The molecule has 0 unspecified atom stereocenters. The van der Waals surface area contributed by atoms with Crippen LogP contribution in [0.2, 0.25) is 0 Å². The highest BCUT2D eigenvalue weighted by molar-refractivity contribution is 7.22. The van der Waals surface area contributed by atoms with E-state index in [9.17, 15) is 14.7 Å². The van der Waals surface area contributed by atoms with E-state index in [-0.39, 0.29) is 11.3 Å². The Morgan fingerprint density at radius 1 is 0.867 bits per heavy atom. The molecule has 30 heavy (non-hydrogen) atoms. The number of carbonyl (C=O) groups is 2. The Hall–Kier alpha value is -3.77. The van der Waals surface area contributed by atoms with Crippen LogP contribution in [0.1, 0.15) is 17.2 Å². The molecular weight excluding hydrogens is 396 g/mol. The zero-order valence-electron chi connectivity index (χ0n) is 15.7.